The molecule has 0 radical (unpaired) electrons. The summed E-state index contributed by atoms with van der Waals surface area (Å²) in [5, 5.41) is 7.25. The predicted octanol–water partition coefficient (Wildman–Crippen LogP) is 2.21. The lowest BCUT2D eigenvalue weighted by molar-refractivity contribution is -0.127. The summed E-state index contributed by atoms with van der Waals surface area (Å²) >= 11 is 0. The van der Waals surface area contributed by atoms with E-state index in [1.807, 2.05) is 0 Å². The highest BCUT2D eigenvalue weighted by Crippen LogP contribution is 2.26. The van der Waals surface area contributed by atoms with Gasteiger partial charge in [0.1, 0.15) is 6.54 Å². The standard InChI is InChI=1S/C21H39N5O/c1-25(2)20(27)14-22-21(23-18-10-4-3-5-11-18)24-19-12-13-26(16-19)15-17-8-6-7-9-17/h17-19H,3-16H2,1-2H3,(H2,22,23,24). The van der Waals surface area contributed by atoms with Crippen LogP contribution in [0.15, 0.2) is 4.99 Å². The smallest absolute Gasteiger partial charge is 0.243 e. The highest BCUT2D eigenvalue weighted by atomic mass is 16.2. The molecule has 1 amide bonds. The van der Waals surface area contributed by atoms with Crippen LogP contribution in [0, 0.1) is 5.92 Å². The minimum atomic E-state index is 0.0500. The Labute approximate surface area is 165 Å². The molecule has 3 rings (SSSR count). The zero-order valence-corrected chi connectivity index (χ0v) is 17.4. The van der Waals surface area contributed by atoms with E-state index >= 15 is 0 Å². The molecule has 2 N–H and O–H groups in total. The molecule has 0 aromatic rings. The first kappa shape index (κ1) is 20.4. The molecular weight excluding hydrogens is 338 g/mol. The summed E-state index contributed by atoms with van der Waals surface area (Å²) in [6.45, 7) is 3.76. The second-order valence-electron chi connectivity index (χ2n) is 8.97. The van der Waals surface area contributed by atoms with Crippen LogP contribution < -0.4 is 10.6 Å². The summed E-state index contributed by atoms with van der Waals surface area (Å²) in [7, 11) is 3.58. The van der Waals surface area contributed by atoms with Gasteiger partial charge in [0, 0.05) is 45.8 Å². The van der Waals surface area contributed by atoms with E-state index < -0.39 is 0 Å². The van der Waals surface area contributed by atoms with Gasteiger partial charge in [-0.3, -0.25) is 4.79 Å². The number of likely N-dealkylation sites (tertiary alicyclic amines) is 1. The first-order chi connectivity index (χ1) is 13.1. The summed E-state index contributed by atoms with van der Waals surface area (Å²) < 4.78 is 0. The molecule has 6 heteroatoms. The quantitative estimate of drug-likeness (QED) is 0.550. The maximum Gasteiger partial charge on any atom is 0.243 e. The summed E-state index contributed by atoms with van der Waals surface area (Å²) in [5.74, 6) is 1.80. The van der Waals surface area contributed by atoms with Gasteiger partial charge in [-0.25, -0.2) is 4.99 Å². The summed E-state index contributed by atoms with van der Waals surface area (Å²) in [6.07, 6.45) is 13.2. The van der Waals surface area contributed by atoms with Gasteiger partial charge in [-0.2, -0.15) is 0 Å². The summed E-state index contributed by atoms with van der Waals surface area (Å²) in [6, 6.07) is 0.936. The molecule has 0 spiro atoms. The maximum absolute atomic E-state index is 12.0. The molecule has 3 fully saturated rings. The Morgan fingerprint density at radius 1 is 0.963 bits per heavy atom. The second-order valence-corrected chi connectivity index (χ2v) is 8.97. The van der Waals surface area contributed by atoms with Gasteiger partial charge in [-0.05, 0) is 38.0 Å². The van der Waals surface area contributed by atoms with Crippen molar-refractivity contribution >= 4 is 11.9 Å². The number of nitrogens with one attached hydrogen (secondary N) is 2. The molecule has 0 bridgehead atoms. The van der Waals surface area contributed by atoms with Crippen LogP contribution in [0.3, 0.4) is 0 Å². The third kappa shape index (κ3) is 6.66. The Morgan fingerprint density at radius 3 is 2.33 bits per heavy atom. The zero-order chi connectivity index (χ0) is 19.1. The van der Waals surface area contributed by atoms with E-state index in [-0.39, 0.29) is 12.5 Å². The van der Waals surface area contributed by atoms with E-state index in [2.05, 4.69) is 20.5 Å². The lowest BCUT2D eigenvalue weighted by Crippen LogP contribution is -2.49. The van der Waals surface area contributed by atoms with Gasteiger partial charge in [-0.15, -0.1) is 0 Å². The third-order valence-corrected chi connectivity index (χ3v) is 6.42. The van der Waals surface area contributed by atoms with Crippen molar-refractivity contribution in [3.63, 3.8) is 0 Å². The molecule has 1 atom stereocenters. The van der Waals surface area contributed by atoms with Gasteiger partial charge in [0.15, 0.2) is 5.96 Å². The van der Waals surface area contributed by atoms with Crippen LogP contribution in [0.1, 0.15) is 64.2 Å². The number of hydrogen-bond acceptors (Lipinski definition) is 3. The number of likely N-dealkylation sites (N-methyl/N-ethyl adjacent to an activating group) is 1. The number of nitrogens with zero attached hydrogens (tertiary/aromatic N) is 3. The van der Waals surface area contributed by atoms with Gasteiger partial charge < -0.3 is 20.4 Å². The van der Waals surface area contributed by atoms with Crippen LogP contribution in [0.5, 0.6) is 0 Å². The molecule has 27 heavy (non-hydrogen) atoms. The Kier molecular flexibility index (Phi) is 7.80. The van der Waals surface area contributed by atoms with Crippen LogP contribution in [0.4, 0.5) is 0 Å². The number of carbonyl (C=O) groups is 1. The fourth-order valence-corrected chi connectivity index (χ4v) is 4.73. The molecule has 1 saturated heterocycles. The van der Waals surface area contributed by atoms with E-state index in [9.17, 15) is 4.79 Å². The molecule has 154 valence electrons. The molecule has 6 nitrogen and oxygen atoms in total. The molecular formula is C21H39N5O. The molecule has 1 heterocycles. The van der Waals surface area contributed by atoms with Crippen molar-refractivity contribution in [1.29, 1.82) is 0 Å². The number of carbonyl (C=O) groups excluding carboxylic acids is 1. The summed E-state index contributed by atoms with van der Waals surface area (Å²) in [4.78, 5) is 20.8. The van der Waals surface area contributed by atoms with Crippen LogP contribution in [0.2, 0.25) is 0 Å². The predicted molar refractivity (Wildman–Crippen MR) is 111 cm³/mol. The minimum absolute atomic E-state index is 0.0500. The van der Waals surface area contributed by atoms with Gasteiger partial charge in [0.05, 0.1) is 0 Å². The molecule has 1 unspecified atom stereocenters. The van der Waals surface area contributed by atoms with Crippen LogP contribution in [-0.2, 0) is 4.79 Å². The lowest BCUT2D eigenvalue weighted by Gasteiger charge is -2.27. The second kappa shape index (κ2) is 10.3. The highest BCUT2D eigenvalue weighted by Gasteiger charge is 2.27. The zero-order valence-electron chi connectivity index (χ0n) is 17.4. The number of aliphatic imine (C=N–C) groups is 1. The van der Waals surface area contributed by atoms with E-state index in [0.29, 0.717) is 12.1 Å². The van der Waals surface area contributed by atoms with Crippen molar-refractivity contribution in [2.45, 2.75) is 76.3 Å². The lowest BCUT2D eigenvalue weighted by atomic mass is 9.96. The molecule has 0 aromatic heterocycles. The highest BCUT2D eigenvalue weighted by molar-refractivity contribution is 5.85. The van der Waals surface area contributed by atoms with Gasteiger partial charge >= 0.3 is 0 Å². The average Bonchev–Trinajstić information content (AvgIpc) is 3.32. The van der Waals surface area contributed by atoms with Crippen molar-refractivity contribution in [3.8, 4) is 0 Å². The maximum atomic E-state index is 12.0. The monoisotopic (exact) mass is 377 g/mol. The topological polar surface area (TPSA) is 60.0 Å². The van der Waals surface area contributed by atoms with E-state index in [0.717, 1.165) is 18.4 Å². The normalized spacial score (nSPS) is 25.7. The number of rotatable bonds is 6. The van der Waals surface area contributed by atoms with E-state index in [1.54, 1.807) is 19.0 Å². The van der Waals surface area contributed by atoms with E-state index in [1.165, 1.54) is 77.3 Å². The molecule has 1 aliphatic heterocycles. The number of hydrogen-bond donors (Lipinski definition) is 2. The first-order valence-electron chi connectivity index (χ1n) is 11.1. The number of guanidine groups is 1. The Hall–Kier alpha value is -1.30. The van der Waals surface area contributed by atoms with Crippen molar-refractivity contribution in [2.24, 2.45) is 10.9 Å². The van der Waals surface area contributed by atoms with E-state index in [4.69, 9.17) is 0 Å². The molecule has 0 aromatic carbocycles. The Morgan fingerprint density at radius 2 is 1.63 bits per heavy atom. The molecule has 2 saturated carbocycles. The molecule has 2 aliphatic carbocycles. The van der Waals surface area contributed by atoms with Gasteiger partial charge in [-0.1, -0.05) is 32.1 Å². The first-order valence-corrected chi connectivity index (χ1v) is 11.1. The fourth-order valence-electron chi connectivity index (χ4n) is 4.73. The van der Waals surface area contributed by atoms with Crippen LogP contribution >= 0.6 is 0 Å². The number of amides is 1. The van der Waals surface area contributed by atoms with Crippen LogP contribution in [0.25, 0.3) is 0 Å². The largest absolute Gasteiger partial charge is 0.354 e. The summed E-state index contributed by atoms with van der Waals surface area (Å²) in [5.41, 5.74) is 0. The van der Waals surface area contributed by atoms with Crippen molar-refractivity contribution in [1.82, 2.24) is 20.4 Å². The SMILES string of the molecule is CN(C)C(=O)CN=C(NC1CCCCC1)NC1CCN(CC2CCCC2)C1. The van der Waals surface area contributed by atoms with Crippen LogP contribution in [-0.4, -0.2) is 74.0 Å². The minimum Gasteiger partial charge on any atom is -0.354 e. The van der Waals surface area contributed by atoms with Gasteiger partial charge in [0.25, 0.3) is 0 Å². The van der Waals surface area contributed by atoms with Gasteiger partial charge in [0.2, 0.25) is 5.91 Å². The van der Waals surface area contributed by atoms with Crippen molar-refractivity contribution in [3.05, 3.63) is 0 Å². The van der Waals surface area contributed by atoms with Crippen molar-refractivity contribution in [2.75, 3.05) is 40.3 Å². The Balaban J connectivity index is 1.51. The van der Waals surface area contributed by atoms with Crippen molar-refractivity contribution < 1.29 is 4.79 Å². The molecule has 3 aliphatic rings. The third-order valence-electron chi connectivity index (χ3n) is 6.42. The Bertz CT molecular complexity index is 495. The fraction of sp³-hybridized carbons (Fsp3) is 0.905. The average molecular weight is 378 g/mol.